The molecule has 0 radical (unpaired) electrons. The van der Waals surface area contributed by atoms with E-state index in [0.717, 1.165) is 25.7 Å². The van der Waals surface area contributed by atoms with Crippen molar-refractivity contribution in [1.82, 2.24) is 0 Å². The molecule has 2 aromatic rings. The summed E-state index contributed by atoms with van der Waals surface area (Å²) in [6, 6.07) is 16.1. The lowest BCUT2D eigenvalue weighted by molar-refractivity contribution is -0.256. The van der Waals surface area contributed by atoms with Crippen LogP contribution in [0, 0.1) is 5.92 Å². The summed E-state index contributed by atoms with van der Waals surface area (Å²) in [4.78, 5) is 36.0. The van der Waals surface area contributed by atoms with E-state index in [0.29, 0.717) is 0 Å². The van der Waals surface area contributed by atoms with Crippen molar-refractivity contribution in [1.29, 1.82) is 0 Å². The number of carbonyl (C=O) groups excluding carboxylic acids is 3. The van der Waals surface area contributed by atoms with Gasteiger partial charge in [0.15, 0.2) is 0 Å². The standard InChI is InChI=1S/C26H52O3.2C7H6O2/c1-3-5-7-9-11-12-13-14-15-16-17-18-20-22-24-25(26(27)29-28)23-21-19-10-8-6-4-2;2*8-7(9)6-4-2-1-3-5-6/h25,28H,3-24H2,1-2H3;2*1-5H,(H,8,9)/p-2. The predicted molar refractivity (Wildman–Crippen MR) is 187 cm³/mol. The van der Waals surface area contributed by atoms with Gasteiger partial charge in [0, 0.05) is 0 Å². The highest BCUT2D eigenvalue weighted by Gasteiger charge is 2.19. The van der Waals surface area contributed by atoms with Crippen LogP contribution in [0.2, 0.25) is 0 Å². The van der Waals surface area contributed by atoms with Gasteiger partial charge in [-0.1, -0.05) is 203 Å². The maximum atomic E-state index is 11.8. The Bertz CT molecular complexity index is 945. The van der Waals surface area contributed by atoms with E-state index in [-0.39, 0.29) is 17.0 Å². The van der Waals surface area contributed by atoms with E-state index in [4.69, 9.17) is 5.26 Å². The van der Waals surface area contributed by atoms with Crippen LogP contribution in [0.3, 0.4) is 0 Å². The molecule has 0 aliphatic rings. The molecular weight excluding hydrogens is 592 g/mol. The predicted octanol–water partition coefficient (Wildman–Crippen LogP) is 9.34. The molecule has 1 atom stereocenters. The van der Waals surface area contributed by atoms with Gasteiger partial charge in [0.2, 0.25) is 0 Å². The molecule has 1 unspecified atom stereocenters. The molecule has 0 amide bonds. The third-order valence-corrected chi connectivity index (χ3v) is 8.25. The Morgan fingerprint density at radius 3 is 1.02 bits per heavy atom. The van der Waals surface area contributed by atoms with Gasteiger partial charge in [0.05, 0.1) is 17.9 Å². The fourth-order valence-corrected chi connectivity index (χ4v) is 5.36. The SMILES string of the molecule is CCCCCCCCCCCCCCCCC(CCCCCCCC)C(=O)OO.O=C([O-])c1ccccc1.O=C([O-])c1ccccc1. The number of benzene rings is 2. The molecule has 7 nitrogen and oxygen atoms in total. The summed E-state index contributed by atoms with van der Waals surface area (Å²) in [6.07, 6.45) is 28.0. The topological polar surface area (TPSA) is 127 Å². The maximum Gasteiger partial charge on any atom is 0.345 e. The Kier molecular flexibility index (Phi) is 30.5. The van der Waals surface area contributed by atoms with Crippen molar-refractivity contribution in [3.05, 3.63) is 71.8 Å². The molecular formula is C40H62O7-2. The number of hydrogen-bond acceptors (Lipinski definition) is 7. The molecule has 0 bridgehead atoms. The van der Waals surface area contributed by atoms with Crippen LogP contribution in [0.4, 0.5) is 0 Å². The summed E-state index contributed by atoms with van der Waals surface area (Å²) in [7, 11) is 0. The number of carboxylic acids is 2. The van der Waals surface area contributed by atoms with E-state index in [2.05, 4.69) is 18.7 Å². The quantitative estimate of drug-likeness (QED) is 0.0642. The summed E-state index contributed by atoms with van der Waals surface area (Å²) in [5.74, 6) is -2.79. The summed E-state index contributed by atoms with van der Waals surface area (Å²) in [5.41, 5.74) is 0.440. The first-order valence-electron chi connectivity index (χ1n) is 18.2. The van der Waals surface area contributed by atoms with Crippen LogP contribution >= 0.6 is 0 Å². The fraction of sp³-hybridized carbons (Fsp3) is 0.625. The normalized spacial score (nSPS) is 11.0. The highest BCUT2D eigenvalue weighted by Crippen LogP contribution is 2.21. The summed E-state index contributed by atoms with van der Waals surface area (Å²) >= 11 is 0. The average molecular weight is 655 g/mol. The van der Waals surface area contributed by atoms with Gasteiger partial charge in [-0.05, 0) is 24.0 Å². The number of rotatable bonds is 25. The molecule has 2 aromatic carbocycles. The molecule has 0 fully saturated rings. The van der Waals surface area contributed by atoms with Gasteiger partial charge in [0.1, 0.15) is 0 Å². The van der Waals surface area contributed by atoms with Crippen LogP contribution < -0.4 is 10.2 Å². The highest BCUT2D eigenvalue weighted by atomic mass is 17.1. The summed E-state index contributed by atoms with van der Waals surface area (Å²) in [5, 5.41) is 28.9. The smallest absolute Gasteiger partial charge is 0.345 e. The second-order valence-corrected chi connectivity index (χ2v) is 12.4. The molecule has 0 heterocycles. The van der Waals surface area contributed by atoms with Crippen LogP contribution in [0.5, 0.6) is 0 Å². The van der Waals surface area contributed by atoms with Gasteiger partial charge in [-0.3, -0.25) is 0 Å². The Labute approximate surface area is 285 Å². The molecule has 0 saturated carbocycles. The van der Waals surface area contributed by atoms with E-state index in [1.54, 1.807) is 36.4 Å². The number of carbonyl (C=O) groups is 3. The Hall–Kier alpha value is -3.19. The minimum absolute atomic E-state index is 0.108. The van der Waals surface area contributed by atoms with Crippen molar-refractivity contribution in [2.24, 2.45) is 5.92 Å². The molecule has 0 aliphatic heterocycles. The average Bonchev–Trinajstić information content (AvgIpc) is 3.10. The number of aromatic carboxylic acids is 2. The van der Waals surface area contributed by atoms with Gasteiger partial charge in [-0.15, -0.1) is 0 Å². The molecule has 2 rings (SSSR count). The van der Waals surface area contributed by atoms with Gasteiger partial charge in [-0.2, -0.15) is 5.26 Å². The van der Waals surface area contributed by atoms with Gasteiger partial charge in [-0.25, -0.2) is 4.79 Å². The first-order valence-corrected chi connectivity index (χ1v) is 18.2. The lowest BCUT2D eigenvalue weighted by Gasteiger charge is -2.13. The molecule has 0 aliphatic carbocycles. The van der Waals surface area contributed by atoms with E-state index < -0.39 is 17.9 Å². The van der Waals surface area contributed by atoms with Gasteiger partial charge >= 0.3 is 5.97 Å². The minimum atomic E-state index is -1.13. The molecule has 0 aromatic heterocycles. The third-order valence-electron chi connectivity index (χ3n) is 8.25. The zero-order chi connectivity index (χ0) is 34.8. The first kappa shape index (κ1) is 43.8. The first-order chi connectivity index (χ1) is 22.9. The molecule has 0 saturated heterocycles. The van der Waals surface area contributed by atoms with Crippen molar-refractivity contribution in [3.8, 4) is 0 Å². The van der Waals surface area contributed by atoms with Gasteiger partial charge in [0.25, 0.3) is 0 Å². The Morgan fingerprint density at radius 1 is 0.511 bits per heavy atom. The Balaban J connectivity index is 0.000000933. The van der Waals surface area contributed by atoms with Crippen LogP contribution in [-0.2, 0) is 9.68 Å². The van der Waals surface area contributed by atoms with E-state index in [9.17, 15) is 24.6 Å². The molecule has 7 heteroatoms. The zero-order valence-electron chi connectivity index (χ0n) is 29.3. The van der Waals surface area contributed by atoms with Crippen molar-refractivity contribution < 1.29 is 34.7 Å². The zero-order valence-corrected chi connectivity index (χ0v) is 29.3. The molecule has 266 valence electrons. The molecule has 1 N–H and O–H groups in total. The minimum Gasteiger partial charge on any atom is -0.545 e. The lowest BCUT2D eigenvalue weighted by atomic mass is 9.94. The Morgan fingerprint density at radius 2 is 0.787 bits per heavy atom. The largest absolute Gasteiger partial charge is 0.545 e. The van der Waals surface area contributed by atoms with Crippen LogP contribution in [0.25, 0.3) is 0 Å². The highest BCUT2D eigenvalue weighted by molar-refractivity contribution is 5.85. The second-order valence-electron chi connectivity index (χ2n) is 12.4. The molecule has 0 spiro atoms. The van der Waals surface area contributed by atoms with E-state index >= 15 is 0 Å². The van der Waals surface area contributed by atoms with Crippen LogP contribution in [-0.4, -0.2) is 23.2 Å². The van der Waals surface area contributed by atoms with Crippen LogP contribution in [0.1, 0.15) is 176 Å². The number of unbranched alkanes of at least 4 members (excludes halogenated alkanes) is 18. The fourth-order valence-electron chi connectivity index (χ4n) is 5.36. The molecule has 47 heavy (non-hydrogen) atoms. The summed E-state index contributed by atoms with van der Waals surface area (Å²) < 4.78 is 0. The third kappa shape index (κ3) is 27.6. The number of carboxylic acid groups (broad SMARTS) is 2. The number of hydrogen-bond donors (Lipinski definition) is 1. The lowest BCUT2D eigenvalue weighted by Crippen LogP contribution is -2.21. The van der Waals surface area contributed by atoms with Crippen molar-refractivity contribution in [3.63, 3.8) is 0 Å². The van der Waals surface area contributed by atoms with E-state index in [1.165, 1.54) is 140 Å². The monoisotopic (exact) mass is 654 g/mol. The maximum absolute atomic E-state index is 11.8. The second kappa shape index (κ2) is 32.7. The van der Waals surface area contributed by atoms with Crippen molar-refractivity contribution in [2.75, 3.05) is 0 Å². The van der Waals surface area contributed by atoms with E-state index in [1.807, 2.05) is 0 Å². The van der Waals surface area contributed by atoms with Crippen molar-refractivity contribution in [2.45, 2.75) is 155 Å². The summed E-state index contributed by atoms with van der Waals surface area (Å²) in [6.45, 7) is 4.50. The van der Waals surface area contributed by atoms with Crippen molar-refractivity contribution >= 4 is 17.9 Å². The van der Waals surface area contributed by atoms with Crippen LogP contribution in [0.15, 0.2) is 60.7 Å². The van der Waals surface area contributed by atoms with Gasteiger partial charge < -0.3 is 24.7 Å².